The van der Waals surface area contributed by atoms with Gasteiger partial charge in [-0.05, 0) is 46.6 Å². The second-order valence-corrected chi connectivity index (χ2v) is 5.47. The number of nitrogen functional groups attached to an aromatic ring is 1. The predicted molar refractivity (Wildman–Crippen MR) is 71.9 cm³/mol. The minimum absolute atomic E-state index is 0.559. The molecule has 4 heteroatoms. The van der Waals surface area contributed by atoms with Crippen LogP contribution in [-0.4, -0.2) is 0 Å². The molecule has 1 aromatic carbocycles. The molecule has 16 heavy (non-hydrogen) atoms. The smallest absolute Gasteiger partial charge is 0.142 e. The summed E-state index contributed by atoms with van der Waals surface area (Å²) in [5.41, 5.74) is 7.66. The van der Waals surface area contributed by atoms with Crippen LogP contribution in [0.3, 0.4) is 0 Å². The standard InChI is InChI=1S/C12H12BrNOS/c1-8-2-3-11(14)12(4-8)15-6-10-5-9(13)7-16-10/h2-5,7H,6,14H2,1H3. The number of benzene rings is 1. The van der Waals surface area contributed by atoms with Gasteiger partial charge in [-0.3, -0.25) is 0 Å². The number of hydrogen-bond acceptors (Lipinski definition) is 3. The molecule has 0 spiro atoms. The highest BCUT2D eigenvalue weighted by molar-refractivity contribution is 9.10. The molecule has 0 bridgehead atoms. The Balaban J connectivity index is 2.07. The van der Waals surface area contributed by atoms with Gasteiger partial charge in [-0.2, -0.15) is 0 Å². The normalized spacial score (nSPS) is 10.4. The summed E-state index contributed by atoms with van der Waals surface area (Å²) < 4.78 is 6.77. The van der Waals surface area contributed by atoms with E-state index in [2.05, 4.69) is 22.0 Å². The Kier molecular flexibility index (Phi) is 3.51. The van der Waals surface area contributed by atoms with E-state index in [0.717, 1.165) is 15.8 Å². The molecule has 2 rings (SSSR count). The van der Waals surface area contributed by atoms with Gasteiger partial charge in [-0.15, -0.1) is 11.3 Å². The average molecular weight is 298 g/mol. The third kappa shape index (κ3) is 2.77. The van der Waals surface area contributed by atoms with Crippen LogP contribution in [0.15, 0.2) is 34.1 Å². The Bertz CT molecular complexity index is 496. The number of ether oxygens (including phenoxy) is 1. The van der Waals surface area contributed by atoms with Gasteiger partial charge in [0, 0.05) is 14.7 Å². The molecule has 0 saturated carbocycles. The molecule has 2 aromatic rings. The van der Waals surface area contributed by atoms with E-state index >= 15 is 0 Å². The summed E-state index contributed by atoms with van der Waals surface area (Å²) in [7, 11) is 0. The van der Waals surface area contributed by atoms with Crippen molar-refractivity contribution in [3.63, 3.8) is 0 Å². The summed E-state index contributed by atoms with van der Waals surface area (Å²) in [5.74, 6) is 0.754. The van der Waals surface area contributed by atoms with Gasteiger partial charge in [0.25, 0.3) is 0 Å². The fourth-order valence-corrected chi connectivity index (χ4v) is 2.71. The van der Waals surface area contributed by atoms with Crippen molar-refractivity contribution >= 4 is 33.0 Å². The highest BCUT2D eigenvalue weighted by Gasteiger charge is 2.02. The van der Waals surface area contributed by atoms with Crippen molar-refractivity contribution in [3.05, 3.63) is 44.6 Å². The number of thiophene rings is 1. The van der Waals surface area contributed by atoms with Crippen LogP contribution < -0.4 is 10.5 Å². The first-order valence-corrected chi connectivity index (χ1v) is 6.54. The molecule has 0 aliphatic heterocycles. The number of nitrogens with two attached hydrogens (primary N) is 1. The maximum Gasteiger partial charge on any atom is 0.142 e. The van der Waals surface area contributed by atoms with Crippen molar-refractivity contribution < 1.29 is 4.74 Å². The van der Waals surface area contributed by atoms with Crippen molar-refractivity contribution in [1.29, 1.82) is 0 Å². The molecule has 0 fully saturated rings. The van der Waals surface area contributed by atoms with Crippen molar-refractivity contribution in [1.82, 2.24) is 0 Å². The molecular formula is C12H12BrNOS. The zero-order valence-electron chi connectivity index (χ0n) is 8.87. The van der Waals surface area contributed by atoms with Gasteiger partial charge in [0.2, 0.25) is 0 Å². The fraction of sp³-hybridized carbons (Fsp3) is 0.167. The van der Waals surface area contributed by atoms with Crippen molar-refractivity contribution in [2.75, 3.05) is 5.73 Å². The Morgan fingerprint density at radius 3 is 2.88 bits per heavy atom. The van der Waals surface area contributed by atoms with E-state index < -0.39 is 0 Å². The number of rotatable bonds is 3. The van der Waals surface area contributed by atoms with Crippen LogP contribution in [0.2, 0.25) is 0 Å². The van der Waals surface area contributed by atoms with Crippen LogP contribution in [0.25, 0.3) is 0 Å². The first-order chi connectivity index (χ1) is 7.65. The molecule has 0 amide bonds. The molecule has 84 valence electrons. The van der Waals surface area contributed by atoms with Crippen molar-refractivity contribution in [2.45, 2.75) is 13.5 Å². The Hall–Kier alpha value is -1.000. The van der Waals surface area contributed by atoms with Crippen molar-refractivity contribution in [3.8, 4) is 5.75 Å². The molecule has 1 aromatic heterocycles. The van der Waals surface area contributed by atoms with Crippen LogP contribution in [0.5, 0.6) is 5.75 Å². The number of hydrogen-bond donors (Lipinski definition) is 1. The largest absolute Gasteiger partial charge is 0.486 e. The first kappa shape index (κ1) is 11.5. The third-order valence-corrected chi connectivity index (χ3v) is 3.83. The third-order valence-electron chi connectivity index (χ3n) is 2.16. The molecule has 0 atom stereocenters. The molecule has 0 aliphatic rings. The van der Waals surface area contributed by atoms with Gasteiger partial charge in [-0.25, -0.2) is 0 Å². The molecule has 2 nitrogen and oxygen atoms in total. The van der Waals surface area contributed by atoms with Gasteiger partial charge >= 0.3 is 0 Å². The fourth-order valence-electron chi connectivity index (χ4n) is 1.34. The van der Waals surface area contributed by atoms with E-state index in [1.165, 1.54) is 4.88 Å². The number of halogens is 1. The van der Waals surface area contributed by atoms with Gasteiger partial charge in [0.05, 0.1) is 5.69 Å². The predicted octanol–water partition coefficient (Wildman–Crippen LogP) is 3.98. The highest BCUT2D eigenvalue weighted by Crippen LogP contribution is 2.25. The lowest BCUT2D eigenvalue weighted by Crippen LogP contribution is -1.97. The SMILES string of the molecule is Cc1ccc(N)c(OCc2cc(Br)cs2)c1. The number of anilines is 1. The minimum Gasteiger partial charge on any atom is -0.486 e. The lowest BCUT2D eigenvalue weighted by atomic mass is 10.2. The van der Waals surface area contributed by atoms with Gasteiger partial charge in [-0.1, -0.05) is 6.07 Å². The van der Waals surface area contributed by atoms with E-state index in [9.17, 15) is 0 Å². The van der Waals surface area contributed by atoms with E-state index in [0.29, 0.717) is 12.3 Å². The second kappa shape index (κ2) is 4.89. The lowest BCUT2D eigenvalue weighted by molar-refractivity contribution is 0.311. The lowest BCUT2D eigenvalue weighted by Gasteiger charge is -2.08. The zero-order chi connectivity index (χ0) is 11.5. The topological polar surface area (TPSA) is 35.2 Å². The maximum atomic E-state index is 5.83. The van der Waals surface area contributed by atoms with E-state index in [1.54, 1.807) is 11.3 Å². The quantitative estimate of drug-likeness (QED) is 0.870. The van der Waals surface area contributed by atoms with E-state index in [1.807, 2.05) is 30.5 Å². The summed E-state index contributed by atoms with van der Waals surface area (Å²) >= 11 is 5.08. The van der Waals surface area contributed by atoms with Crippen LogP contribution in [0.4, 0.5) is 5.69 Å². The maximum absolute atomic E-state index is 5.83. The molecule has 0 radical (unpaired) electrons. The summed E-state index contributed by atoms with van der Waals surface area (Å²) in [6.45, 7) is 2.58. The minimum atomic E-state index is 0.559. The second-order valence-electron chi connectivity index (χ2n) is 3.56. The summed E-state index contributed by atoms with van der Waals surface area (Å²) in [5, 5.41) is 2.04. The van der Waals surface area contributed by atoms with Crippen LogP contribution in [0, 0.1) is 6.92 Å². The summed E-state index contributed by atoms with van der Waals surface area (Å²) in [6, 6.07) is 7.85. The Morgan fingerprint density at radius 2 is 2.19 bits per heavy atom. The first-order valence-electron chi connectivity index (χ1n) is 4.87. The monoisotopic (exact) mass is 297 g/mol. The van der Waals surface area contributed by atoms with Crippen LogP contribution in [-0.2, 0) is 6.61 Å². The average Bonchev–Trinajstić information content (AvgIpc) is 2.66. The molecule has 2 N–H and O–H groups in total. The van der Waals surface area contributed by atoms with Gasteiger partial charge in [0.1, 0.15) is 12.4 Å². The number of aryl methyl sites for hydroxylation is 1. The summed E-state index contributed by atoms with van der Waals surface area (Å²) in [6.07, 6.45) is 0. The van der Waals surface area contributed by atoms with Crippen LogP contribution >= 0.6 is 27.3 Å². The molecule has 0 aliphatic carbocycles. The Labute approximate surface area is 107 Å². The Morgan fingerprint density at radius 1 is 1.38 bits per heavy atom. The molecule has 0 unspecified atom stereocenters. The zero-order valence-corrected chi connectivity index (χ0v) is 11.3. The van der Waals surface area contributed by atoms with Crippen molar-refractivity contribution in [2.24, 2.45) is 0 Å². The molecular weight excluding hydrogens is 286 g/mol. The molecule has 0 saturated heterocycles. The van der Waals surface area contributed by atoms with E-state index in [-0.39, 0.29) is 0 Å². The highest BCUT2D eigenvalue weighted by atomic mass is 79.9. The van der Waals surface area contributed by atoms with E-state index in [4.69, 9.17) is 10.5 Å². The molecule has 1 heterocycles. The van der Waals surface area contributed by atoms with Gasteiger partial charge < -0.3 is 10.5 Å². The van der Waals surface area contributed by atoms with Crippen LogP contribution in [0.1, 0.15) is 10.4 Å². The summed E-state index contributed by atoms with van der Waals surface area (Å²) in [4.78, 5) is 1.17. The van der Waals surface area contributed by atoms with Gasteiger partial charge in [0.15, 0.2) is 0 Å².